The number of hydrogen-bond donors (Lipinski definition) is 5. The van der Waals surface area contributed by atoms with E-state index < -0.39 is 6.04 Å². The van der Waals surface area contributed by atoms with E-state index in [9.17, 15) is 15.0 Å². The average Bonchev–Trinajstić information content (AvgIpc) is 3.32. The molecule has 0 amide bonds. The Morgan fingerprint density at radius 2 is 1.71 bits per heavy atom. The van der Waals surface area contributed by atoms with Gasteiger partial charge in [0.25, 0.3) is 0 Å². The number of benzene rings is 3. The van der Waals surface area contributed by atoms with E-state index in [1.54, 1.807) is 36.4 Å². The van der Waals surface area contributed by atoms with Gasteiger partial charge in [0, 0.05) is 23.0 Å². The molecule has 5 N–H and O–H groups in total. The summed E-state index contributed by atoms with van der Waals surface area (Å²) >= 11 is 0. The number of para-hydroxylation sites is 1. The molecule has 9 nitrogen and oxygen atoms in total. The van der Waals surface area contributed by atoms with Gasteiger partial charge in [0.05, 0.1) is 33.5 Å². The lowest BCUT2D eigenvalue weighted by molar-refractivity contribution is -0.143. The summed E-state index contributed by atoms with van der Waals surface area (Å²) < 4.78 is 15.9. The summed E-state index contributed by atoms with van der Waals surface area (Å²) in [7, 11) is 4.36. The van der Waals surface area contributed by atoms with Crippen molar-refractivity contribution in [2.45, 2.75) is 31.1 Å². The summed E-state index contributed by atoms with van der Waals surface area (Å²) in [5.74, 6) is 0.317. The number of aromatic nitrogens is 1. The molecule has 38 heavy (non-hydrogen) atoms. The minimum atomic E-state index is -0.627. The second kappa shape index (κ2) is 10.6. The van der Waals surface area contributed by atoms with E-state index in [0.29, 0.717) is 24.3 Å². The van der Waals surface area contributed by atoms with Crippen molar-refractivity contribution in [1.29, 1.82) is 0 Å². The molecule has 1 aromatic heterocycles. The molecular weight excluding hydrogens is 486 g/mol. The summed E-state index contributed by atoms with van der Waals surface area (Å²) in [6.45, 7) is 0. The molecule has 0 saturated heterocycles. The number of aromatic hydroxyl groups is 2. The third-order valence-corrected chi connectivity index (χ3v) is 7.01. The van der Waals surface area contributed by atoms with Crippen LogP contribution in [0.15, 0.2) is 60.7 Å². The maximum atomic E-state index is 12.8. The molecule has 1 aliphatic heterocycles. The van der Waals surface area contributed by atoms with E-state index >= 15 is 0 Å². The zero-order valence-electron chi connectivity index (χ0n) is 21.4. The van der Waals surface area contributed by atoms with Crippen LogP contribution in [0.2, 0.25) is 0 Å². The molecule has 0 unspecified atom stereocenters. The summed E-state index contributed by atoms with van der Waals surface area (Å²) in [6.07, 6.45) is 0.710. The predicted molar refractivity (Wildman–Crippen MR) is 143 cm³/mol. The van der Waals surface area contributed by atoms with Crippen molar-refractivity contribution in [2.24, 2.45) is 0 Å². The molecule has 198 valence electrons. The number of carbonyl (C=O) groups is 1. The zero-order valence-corrected chi connectivity index (χ0v) is 21.4. The van der Waals surface area contributed by atoms with Gasteiger partial charge in [-0.25, -0.2) is 0 Å². The number of rotatable bonds is 8. The predicted octanol–water partition coefficient (Wildman–Crippen LogP) is 3.53. The third kappa shape index (κ3) is 4.85. The number of fused-ring (bicyclic) bond motifs is 3. The lowest BCUT2D eigenvalue weighted by Crippen LogP contribution is -2.55. The van der Waals surface area contributed by atoms with Gasteiger partial charge in [-0.2, -0.15) is 0 Å². The first-order valence-corrected chi connectivity index (χ1v) is 12.3. The van der Waals surface area contributed by atoms with Crippen molar-refractivity contribution in [2.75, 3.05) is 21.3 Å². The largest absolute Gasteiger partial charge is 0.508 e. The van der Waals surface area contributed by atoms with Crippen molar-refractivity contribution in [3.8, 4) is 23.0 Å². The van der Waals surface area contributed by atoms with Crippen molar-refractivity contribution in [1.82, 2.24) is 15.6 Å². The molecule has 5 rings (SSSR count). The van der Waals surface area contributed by atoms with E-state index in [4.69, 9.17) is 14.2 Å². The van der Waals surface area contributed by atoms with Crippen molar-refractivity contribution >= 4 is 16.9 Å². The van der Waals surface area contributed by atoms with Gasteiger partial charge < -0.3 is 29.4 Å². The van der Waals surface area contributed by atoms with Crippen LogP contribution in [-0.4, -0.2) is 54.7 Å². The van der Waals surface area contributed by atoms with Crippen LogP contribution < -0.4 is 20.1 Å². The first kappa shape index (κ1) is 25.4. The van der Waals surface area contributed by atoms with Crippen LogP contribution in [0, 0.1) is 0 Å². The van der Waals surface area contributed by atoms with Gasteiger partial charge in [-0.15, -0.1) is 0 Å². The van der Waals surface area contributed by atoms with Gasteiger partial charge in [-0.05, 0) is 53.4 Å². The Kier molecular flexibility index (Phi) is 7.13. The molecule has 1 aliphatic rings. The molecular formula is C29H31N3O6. The van der Waals surface area contributed by atoms with Crippen molar-refractivity contribution in [3.05, 3.63) is 83.0 Å². The van der Waals surface area contributed by atoms with Crippen LogP contribution >= 0.6 is 0 Å². The molecule has 3 atom stereocenters. The zero-order chi connectivity index (χ0) is 26.8. The standard InChI is InChI=1S/C29H31N3O6/c1-36-23-13-17(14-24(37-2)28(23)34)26-27-20(19-6-4-5-7-21(19)31-27)15-25(32-26)30-22(29(35)38-3)12-16-8-10-18(33)11-9-16/h4-11,13-14,22,25-26,30-34H,12,15H2,1-3H3/t22-,25+,26-/m1/s1. The van der Waals surface area contributed by atoms with Gasteiger partial charge >= 0.3 is 5.97 Å². The molecule has 0 bridgehead atoms. The van der Waals surface area contributed by atoms with Gasteiger partial charge in [-0.3, -0.25) is 15.4 Å². The second-order valence-electron chi connectivity index (χ2n) is 9.31. The molecule has 0 spiro atoms. The number of methoxy groups -OCH3 is 3. The Hall–Kier alpha value is -4.21. The van der Waals surface area contributed by atoms with Crippen molar-refractivity contribution in [3.63, 3.8) is 0 Å². The Balaban J connectivity index is 1.53. The number of ether oxygens (including phenoxy) is 3. The monoisotopic (exact) mass is 517 g/mol. The molecule has 3 aromatic carbocycles. The number of aromatic amines is 1. The number of phenols is 2. The SMILES string of the molecule is COC(=O)[C@@H](Cc1ccc(O)cc1)N[C@@H]1Cc2c([nH]c3ccccc23)[C@@H](c2cc(OC)c(O)c(OC)c2)N1. The molecule has 0 saturated carbocycles. The Bertz CT molecular complexity index is 1420. The number of H-pyrrole nitrogens is 1. The summed E-state index contributed by atoms with van der Waals surface area (Å²) in [5, 5.41) is 28.3. The van der Waals surface area contributed by atoms with Crippen molar-refractivity contribution < 1.29 is 29.2 Å². The Labute approximate surface area is 220 Å². The fraction of sp³-hybridized carbons (Fsp3) is 0.276. The number of carbonyl (C=O) groups excluding carboxylic acids is 1. The fourth-order valence-electron chi connectivity index (χ4n) is 5.15. The Morgan fingerprint density at radius 1 is 1.03 bits per heavy atom. The minimum absolute atomic E-state index is 0.0687. The highest BCUT2D eigenvalue weighted by molar-refractivity contribution is 5.85. The lowest BCUT2D eigenvalue weighted by Gasteiger charge is -2.34. The first-order chi connectivity index (χ1) is 18.4. The van der Waals surface area contributed by atoms with E-state index in [2.05, 4.69) is 21.7 Å². The van der Waals surface area contributed by atoms with Crippen LogP contribution in [0.3, 0.4) is 0 Å². The molecule has 0 fully saturated rings. The Morgan fingerprint density at radius 3 is 2.37 bits per heavy atom. The summed E-state index contributed by atoms with van der Waals surface area (Å²) in [6, 6.07) is 17.5. The first-order valence-electron chi connectivity index (χ1n) is 12.3. The van der Waals surface area contributed by atoms with Gasteiger partial charge in [0.1, 0.15) is 11.8 Å². The van der Waals surface area contributed by atoms with Gasteiger partial charge in [-0.1, -0.05) is 30.3 Å². The molecule has 2 heterocycles. The van der Waals surface area contributed by atoms with Gasteiger partial charge in [0.2, 0.25) is 5.75 Å². The topological polar surface area (TPSA) is 125 Å². The molecule has 0 aliphatic carbocycles. The van der Waals surface area contributed by atoms with Crippen LogP contribution in [0.1, 0.15) is 28.4 Å². The van der Waals surface area contributed by atoms with E-state index in [1.165, 1.54) is 21.3 Å². The second-order valence-corrected chi connectivity index (χ2v) is 9.31. The average molecular weight is 518 g/mol. The normalized spacial score (nSPS) is 17.6. The van der Waals surface area contributed by atoms with Crippen LogP contribution in [-0.2, 0) is 22.4 Å². The quantitative estimate of drug-likeness (QED) is 0.225. The molecule has 4 aromatic rings. The molecule has 0 radical (unpaired) electrons. The third-order valence-electron chi connectivity index (χ3n) is 7.01. The number of phenolic OH excluding ortho intramolecular Hbond substituents is 2. The lowest BCUT2D eigenvalue weighted by atomic mass is 9.92. The maximum Gasteiger partial charge on any atom is 0.323 e. The number of hydrogen-bond acceptors (Lipinski definition) is 8. The summed E-state index contributed by atoms with van der Waals surface area (Å²) in [4.78, 5) is 16.3. The molecule has 9 heteroatoms. The number of nitrogens with one attached hydrogen (secondary N) is 3. The maximum absolute atomic E-state index is 12.8. The smallest absolute Gasteiger partial charge is 0.323 e. The fourth-order valence-corrected chi connectivity index (χ4v) is 5.15. The number of esters is 1. The highest BCUT2D eigenvalue weighted by atomic mass is 16.5. The van der Waals surface area contributed by atoms with E-state index in [0.717, 1.165) is 33.3 Å². The van der Waals surface area contributed by atoms with Crippen LogP contribution in [0.5, 0.6) is 23.0 Å². The van der Waals surface area contributed by atoms with E-state index in [-0.39, 0.29) is 29.7 Å². The minimum Gasteiger partial charge on any atom is -0.508 e. The van der Waals surface area contributed by atoms with Gasteiger partial charge in [0.15, 0.2) is 11.5 Å². The van der Waals surface area contributed by atoms with Crippen LogP contribution in [0.25, 0.3) is 10.9 Å². The van der Waals surface area contributed by atoms with Crippen LogP contribution in [0.4, 0.5) is 0 Å². The summed E-state index contributed by atoms with van der Waals surface area (Å²) in [5.41, 5.74) is 4.84. The highest BCUT2D eigenvalue weighted by Crippen LogP contribution is 2.42. The highest BCUT2D eigenvalue weighted by Gasteiger charge is 2.34. The van der Waals surface area contributed by atoms with E-state index in [1.807, 2.05) is 18.2 Å².